The molecule has 1 amide bonds. The molecular formula is C51H107NO6. The Morgan fingerprint density at radius 3 is 1.09 bits per heavy atom. The number of nitrogens with one attached hydrogen (secondary N) is 1. The number of aliphatic hydroxyl groups is 2. The van der Waals surface area contributed by atoms with Crippen molar-refractivity contribution >= 4 is 6.09 Å². The minimum atomic E-state index is -0.456. The molecule has 0 bridgehead atoms. The second kappa shape index (κ2) is 56.1. The predicted molar refractivity (Wildman–Crippen MR) is 253 cm³/mol. The zero-order chi connectivity index (χ0) is 43.4. The number of rotatable bonds is 43. The molecule has 7 nitrogen and oxygen atoms in total. The van der Waals surface area contributed by atoms with Gasteiger partial charge in [0.1, 0.15) is 12.7 Å². The van der Waals surface area contributed by atoms with Crippen LogP contribution in [0.3, 0.4) is 0 Å². The van der Waals surface area contributed by atoms with Crippen LogP contribution >= 0.6 is 0 Å². The van der Waals surface area contributed by atoms with Gasteiger partial charge in [-0.1, -0.05) is 241 Å². The van der Waals surface area contributed by atoms with Crippen LogP contribution in [-0.4, -0.2) is 68.6 Å². The number of ether oxygens (including phenoxy) is 3. The smallest absolute Gasteiger partial charge is 0.407 e. The molecule has 0 aliphatic rings. The first-order chi connectivity index (χ1) is 28.2. The van der Waals surface area contributed by atoms with E-state index in [9.17, 15) is 4.79 Å². The lowest BCUT2D eigenvalue weighted by atomic mass is 10.0. The molecule has 0 radical (unpaired) electrons. The molecule has 0 aromatic carbocycles. The number of carbonyl (C=O) groups excluding carboxylic acids is 1. The standard InChI is InChI=1S/C43H87NO5.C4H10O.C4H10/c1-3-5-7-9-11-13-15-17-19-21-23-25-27-29-31-33-38-47-40-42(41-49-43(46)44-36-35-37-45)48-39-34-32-30-28-26-24-22-20-18-16-14-12-10-8-6-4-2;1-4(2)3-5;1-4(2)3/h42,45H,3-41H2,1-2H3,(H,44,46);4-5H,3H2,1-2H3;4H,1-3H3. The average molecular weight is 830 g/mol. The summed E-state index contributed by atoms with van der Waals surface area (Å²) >= 11 is 0. The minimum absolute atomic E-state index is 0.0541. The van der Waals surface area contributed by atoms with E-state index >= 15 is 0 Å². The Balaban J connectivity index is -0.00000301. The Morgan fingerprint density at radius 2 is 0.776 bits per heavy atom. The third kappa shape index (κ3) is 64.3. The molecule has 0 aromatic heterocycles. The first-order valence-electron chi connectivity index (χ1n) is 25.6. The van der Waals surface area contributed by atoms with Crippen molar-refractivity contribution in [1.82, 2.24) is 5.32 Å². The second-order valence-corrected chi connectivity index (χ2v) is 18.1. The maximum Gasteiger partial charge on any atom is 0.407 e. The highest BCUT2D eigenvalue weighted by atomic mass is 16.6. The molecule has 3 N–H and O–H groups in total. The largest absolute Gasteiger partial charge is 0.447 e. The Labute approximate surface area is 364 Å². The average Bonchev–Trinajstić information content (AvgIpc) is 3.20. The molecule has 7 heteroatoms. The highest BCUT2D eigenvalue weighted by Gasteiger charge is 2.13. The van der Waals surface area contributed by atoms with Crippen LogP contribution in [0.4, 0.5) is 4.79 Å². The summed E-state index contributed by atoms with van der Waals surface area (Å²) in [4.78, 5) is 12.0. The van der Waals surface area contributed by atoms with Gasteiger partial charge in [-0.05, 0) is 31.1 Å². The van der Waals surface area contributed by atoms with E-state index in [-0.39, 0.29) is 19.3 Å². The van der Waals surface area contributed by atoms with Gasteiger partial charge in [-0.25, -0.2) is 4.79 Å². The minimum Gasteiger partial charge on any atom is -0.447 e. The van der Waals surface area contributed by atoms with Gasteiger partial charge < -0.3 is 29.7 Å². The summed E-state index contributed by atoms with van der Waals surface area (Å²) in [5.74, 6) is 1.27. The molecule has 0 rings (SSSR count). The SMILES string of the molecule is CC(C)C.CC(C)CO.CCCCCCCCCCCCCCCCCCOCC(COC(=O)NCCCO)OCCCCCCCCCCCCCCCCCC. The van der Waals surface area contributed by atoms with E-state index in [1.807, 2.05) is 13.8 Å². The summed E-state index contributed by atoms with van der Waals surface area (Å²) < 4.78 is 17.4. The summed E-state index contributed by atoms with van der Waals surface area (Å²) in [6.45, 7) is 17.9. The Hall–Kier alpha value is -0.890. The highest BCUT2D eigenvalue weighted by molar-refractivity contribution is 5.67. The monoisotopic (exact) mass is 830 g/mol. The van der Waals surface area contributed by atoms with Gasteiger partial charge >= 0.3 is 6.09 Å². The van der Waals surface area contributed by atoms with Gasteiger partial charge in [0.25, 0.3) is 0 Å². The van der Waals surface area contributed by atoms with Gasteiger partial charge in [0.05, 0.1) is 6.61 Å². The Morgan fingerprint density at radius 1 is 0.466 bits per heavy atom. The first-order valence-corrected chi connectivity index (χ1v) is 25.6. The molecule has 0 heterocycles. The summed E-state index contributed by atoms with van der Waals surface area (Å²) in [6, 6.07) is 0. The van der Waals surface area contributed by atoms with Crippen LogP contribution < -0.4 is 5.32 Å². The van der Waals surface area contributed by atoms with Crippen LogP contribution in [0.1, 0.15) is 260 Å². The summed E-state index contributed by atoms with van der Waals surface area (Å²) in [5.41, 5.74) is 0. The van der Waals surface area contributed by atoms with Crippen LogP contribution in [0.25, 0.3) is 0 Å². The molecule has 1 atom stereocenters. The third-order valence-electron chi connectivity index (χ3n) is 10.2. The van der Waals surface area contributed by atoms with E-state index < -0.39 is 6.09 Å². The number of hydrogen-bond acceptors (Lipinski definition) is 6. The fraction of sp³-hybridized carbons (Fsp3) is 0.980. The first kappa shape index (κ1) is 61.4. The number of unbranched alkanes of at least 4 members (excludes halogenated alkanes) is 30. The van der Waals surface area contributed by atoms with Crippen LogP contribution in [0, 0.1) is 11.8 Å². The lowest BCUT2D eigenvalue weighted by molar-refractivity contribution is -0.0468. The molecule has 58 heavy (non-hydrogen) atoms. The zero-order valence-electron chi connectivity index (χ0n) is 40.5. The van der Waals surface area contributed by atoms with E-state index in [0.717, 1.165) is 25.4 Å². The van der Waals surface area contributed by atoms with E-state index in [4.69, 9.17) is 24.4 Å². The molecule has 0 aliphatic heterocycles. The molecule has 0 spiro atoms. The van der Waals surface area contributed by atoms with E-state index in [0.29, 0.717) is 38.7 Å². The summed E-state index contributed by atoms with van der Waals surface area (Å²) in [7, 11) is 0. The van der Waals surface area contributed by atoms with Gasteiger partial charge in [0, 0.05) is 33.0 Å². The van der Waals surface area contributed by atoms with Gasteiger partial charge in [-0.2, -0.15) is 0 Å². The van der Waals surface area contributed by atoms with Crippen molar-refractivity contribution in [2.45, 2.75) is 266 Å². The number of aliphatic hydroxyl groups excluding tert-OH is 2. The molecule has 0 saturated carbocycles. The van der Waals surface area contributed by atoms with Gasteiger partial charge in [0.2, 0.25) is 0 Å². The van der Waals surface area contributed by atoms with Crippen molar-refractivity contribution in [2.24, 2.45) is 11.8 Å². The van der Waals surface area contributed by atoms with Crippen LogP contribution in [0.2, 0.25) is 0 Å². The number of carbonyl (C=O) groups is 1. The van der Waals surface area contributed by atoms with E-state index in [2.05, 4.69) is 39.9 Å². The highest BCUT2D eigenvalue weighted by Crippen LogP contribution is 2.15. The maximum absolute atomic E-state index is 12.0. The van der Waals surface area contributed by atoms with Crippen molar-refractivity contribution < 1.29 is 29.2 Å². The number of hydrogen-bond donors (Lipinski definition) is 3. The van der Waals surface area contributed by atoms with Crippen molar-refractivity contribution in [3.63, 3.8) is 0 Å². The van der Waals surface area contributed by atoms with E-state index in [1.165, 1.54) is 193 Å². The molecule has 0 aromatic rings. The summed E-state index contributed by atoms with van der Waals surface area (Å²) in [5, 5.41) is 19.7. The summed E-state index contributed by atoms with van der Waals surface area (Å²) in [6.07, 6.45) is 43.4. The maximum atomic E-state index is 12.0. The Kier molecular flexibility index (Phi) is 59.4. The number of alkyl carbamates (subject to hydrolysis) is 1. The third-order valence-corrected chi connectivity index (χ3v) is 10.2. The Bertz CT molecular complexity index is 718. The molecule has 352 valence electrons. The fourth-order valence-corrected chi connectivity index (χ4v) is 6.50. The van der Waals surface area contributed by atoms with E-state index in [1.54, 1.807) is 0 Å². The van der Waals surface area contributed by atoms with Crippen molar-refractivity contribution in [2.75, 3.05) is 46.2 Å². The molecule has 0 fully saturated rings. The lowest BCUT2D eigenvalue weighted by Crippen LogP contribution is -2.32. The molecule has 0 saturated heterocycles. The fourth-order valence-electron chi connectivity index (χ4n) is 6.50. The quantitative estimate of drug-likeness (QED) is 0.0530. The predicted octanol–water partition coefficient (Wildman–Crippen LogP) is 15.3. The zero-order valence-corrected chi connectivity index (χ0v) is 40.5. The number of amides is 1. The lowest BCUT2D eigenvalue weighted by Gasteiger charge is -2.18. The van der Waals surface area contributed by atoms with Crippen molar-refractivity contribution in [3.8, 4) is 0 Å². The normalized spacial score (nSPS) is 11.6. The van der Waals surface area contributed by atoms with Gasteiger partial charge in [0.15, 0.2) is 0 Å². The molecular weight excluding hydrogens is 723 g/mol. The van der Waals surface area contributed by atoms with Crippen LogP contribution in [0.15, 0.2) is 0 Å². The van der Waals surface area contributed by atoms with Crippen LogP contribution in [0.5, 0.6) is 0 Å². The molecule has 0 aliphatic carbocycles. The second-order valence-electron chi connectivity index (χ2n) is 18.1. The molecule has 1 unspecified atom stereocenters. The van der Waals surface area contributed by atoms with Gasteiger partial charge in [-0.15, -0.1) is 0 Å². The van der Waals surface area contributed by atoms with Gasteiger partial charge in [-0.3, -0.25) is 0 Å². The topological polar surface area (TPSA) is 97.2 Å². The van der Waals surface area contributed by atoms with Crippen molar-refractivity contribution in [1.29, 1.82) is 0 Å². The van der Waals surface area contributed by atoms with Crippen molar-refractivity contribution in [3.05, 3.63) is 0 Å². The van der Waals surface area contributed by atoms with Crippen LogP contribution in [-0.2, 0) is 14.2 Å².